The molecule has 1 N–H and O–H groups in total. The Balaban J connectivity index is 1.74. The van der Waals surface area contributed by atoms with Gasteiger partial charge in [0.15, 0.2) is 0 Å². The first kappa shape index (κ1) is 18.6. The van der Waals surface area contributed by atoms with Crippen LogP contribution >= 0.6 is 0 Å². The van der Waals surface area contributed by atoms with Crippen LogP contribution in [0.3, 0.4) is 0 Å². The Hall–Kier alpha value is -3.21. The van der Waals surface area contributed by atoms with E-state index in [9.17, 15) is 9.59 Å². The molecule has 5 nitrogen and oxygen atoms in total. The second-order valence-electron chi connectivity index (χ2n) is 6.23. The number of benzene rings is 2. The summed E-state index contributed by atoms with van der Waals surface area (Å²) in [6, 6.07) is 18.4. The number of ether oxygens (including phenoxy) is 1. The highest BCUT2D eigenvalue weighted by molar-refractivity contribution is 5.90. The van der Waals surface area contributed by atoms with E-state index in [1.807, 2.05) is 60.7 Å². The minimum atomic E-state index is -0.720. The molecule has 5 heteroatoms. The molecule has 1 aromatic heterocycles. The number of aromatic nitrogens is 1. The summed E-state index contributed by atoms with van der Waals surface area (Å²) in [5.74, 6) is -0.659. The number of hydrogen-bond acceptors (Lipinski definition) is 4. The second-order valence-corrected chi connectivity index (χ2v) is 6.23. The molecule has 3 aromatic rings. The summed E-state index contributed by atoms with van der Waals surface area (Å²) in [7, 11) is 0. The van der Waals surface area contributed by atoms with E-state index < -0.39 is 12.0 Å². The van der Waals surface area contributed by atoms with Gasteiger partial charge in [-0.1, -0.05) is 54.6 Å². The number of amides is 1. The summed E-state index contributed by atoms with van der Waals surface area (Å²) >= 11 is 0. The van der Waals surface area contributed by atoms with Gasteiger partial charge in [0.1, 0.15) is 6.04 Å². The smallest absolute Gasteiger partial charge is 0.328 e. The first-order valence-electron chi connectivity index (χ1n) is 9.00. The second kappa shape index (κ2) is 8.94. The van der Waals surface area contributed by atoms with Crippen molar-refractivity contribution in [2.75, 3.05) is 6.61 Å². The maximum Gasteiger partial charge on any atom is 0.328 e. The Morgan fingerprint density at radius 2 is 1.81 bits per heavy atom. The molecule has 138 valence electrons. The van der Waals surface area contributed by atoms with Crippen molar-refractivity contribution in [2.24, 2.45) is 0 Å². The minimum Gasteiger partial charge on any atom is -0.464 e. The fourth-order valence-corrected chi connectivity index (χ4v) is 3.01. The SMILES string of the molecule is CCOC(=O)C(Cc1ccccc1)NC(=O)Cc1cccc2cccnc12. The zero-order valence-corrected chi connectivity index (χ0v) is 15.2. The molecule has 2 aromatic carbocycles. The van der Waals surface area contributed by atoms with Gasteiger partial charge in [-0.15, -0.1) is 0 Å². The van der Waals surface area contributed by atoms with E-state index in [4.69, 9.17) is 4.74 Å². The summed E-state index contributed by atoms with van der Waals surface area (Å²) in [5, 5.41) is 3.80. The first-order valence-corrected chi connectivity index (χ1v) is 9.00. The molecular formula is C22H22N2O3. The number of rotatable bonds is 7. The largest absolute Gasteiger partial charge is 0.464 e. The Bertz CT molecular complexity index is 920. The third kappa shape index (κ3) is 4.91. The molecule has 27 heavy (non-hydrogen) atoms. The van der Waals surface area contributed by atoms with Gasteiger partial charge in [0.2, 0.25) is 5.91 Å². The number of nitrogens with one attached hydrogen (secondary N) is 1. The fraction of sp³-hybridized carbons (Fsp3) is 0.227. The number of fused-ring (bicyclic) bond motifs is 1. The van der Waals surface area contributed by atoms with Crippen LogP contribution in [0.25, 0.3) is 10.9 Å². The molecule has 0 aliphatic heterocycles. The van der Waals surface area contributed by atoms with E-state index in [1.54, 1.807) is 13.1 Å². The summed E-state index contributed by atoms with van der Waals surface area (Å²) in [6.07, 6.45) is 2.25. The lowest BCUT2D eigenvalue weighted by molar-refractivity contribution is -0.147. The number of esters is 1. The summed E-state index contributed by atoms with van der Waals surface area (Å²) < 4.78 is 5.13. The molecule has 0 aliphatic carbocycles. The average molecular weight is 362 g/mol. The summed E-state index contributed by atoms with van der Waals surface area (Å²) in [5.41, 5.74) is 2.58. The first-order chi connectivity index (χ1) is 13.2. The van der Waals surface area contributed by atoms with Crippen LogP contribution in [0.4, 0.5) is 0 Å². The zero-order valence-electron chi connectivity index (χ0n) is 15.2. The molecule has 0 fully saturated rings. The predicted octanol–water partition coefficient (Wildman–Crippen LogP) is 3.07. The predicted molar refractivity (Wildman–Crippen MR) is 104 cm³/mol. The standard InChI is InChI=1S/C22H22N2O3/c1-2-27-22(26)19(14-16-8-4-3-5-9-16)24-20(25)15-18-11-6-10-17-12-7-13-23-21(17)18/h3-13,19H,2,14-15H2,1H3,(H,24,25). The van der Waals surface area contributed by atoms with Crippen molar-refractivity contribution in [1.29, 1.82) is 0 Å². The summed E-state index contributed by atoms with van der Waals surface area (Å²) in [6.45, 7) is 2.02. The fourth-order valence-electron chi connectivity index (χ4n) is 3.01. The monoisotopic (exact) mass is 362 g/mol. The van der Waals surface area contributed by atoms with Gasteiger partial charge in [-0.2, -0.15) is 0 Å². The Kier molecular flexibility index (Phi) is 6.15. The van der Waals surface area contributed by atoms with Gasteiger partial charge in [-0.25, -0.2) is 4.79 Å². The topological polar surface area (TPSA) is 68.3 Å². The van der Waals surface area contributed by atoms with Crippen LogP contribution in [0.2, 0.25) is 0 Å². The molecule has 0 radical (unpaired) electrons. The van der Waals surface area contributed by atoms with Crippen molar-refractivity contribution in [3.05, 3.63) is 78.0 Å². The molecule has 1 atom stereocenters. The molecule has 0 bridgehead atoms. The van der Waals surface area contributed by atoms with Gasteiger partial charge < -0.3 is 10.1 Å². The lowest BCUT2D eigenvalue weighted by atomic mass is 10.0. The Morgan fingerprint density at radius 1 is 1.04 bits per heavy atom. The van der Waals surface area contributed by atoms with Crippen LogP contribution < -0.4 is 5.32 Å². The maximum absolute atomic E-state index is 12.6. The van der Waals surface area contributed by atoms with Gasteiger partial charge in [0.25, 0.3) is 0 Å². The lowest BCUT2D eigenvalue weighted by Gasteiger charge is -2.17. The number of carbonyl (C=O) groups excluding carboxylic acids is 2. The third-order valence-corrected chi connectivity index (χ3v) is 4.26. The van der Waals surface area contributed by atoms with Crippen LogP contribution in [0.5, 0.6) is 0 Å². The normalized spacial score (nSPS) is 11.7. The number of carbonyl (C=O) groups is 2. The van der Waals surface area contributed by atoms with Crippen molar-refractivity contribution < 1.29 is 14.3 Å². The number of para-hydroxylation sites is 1. The molecule has 1 unspecified atom stereocenters. The molecular weight excluding hydrogens is 340 g/mol. The highest BCUT2D eigenvalue weighted by atomic mass is 16.5. The quantitative estimate of drug-likeness (QED) is 0.656. The Morgan fingerprint density at radius 3 is 2.59 bits per heavy atom. The van der Waals surface area contributed by atoms with Gasteiger partial charge in [-0.05, 0) is 24.1 Å². The molecule has 3 rings (SSSR count). The van der Waals surface area contributed by atoms with Crippen LogP contribution in [0, 0.1) is 0 Å². The van der Waals surface area contributed by atoms with E-state index in [0.29, 0.717) is 6.42 Å². The van der Waals surface area contributed by atoms with Crippen molar-refractivity contribution in [1.82, 2.24) is 10.3 Å². The van der Waals surface area contributed by atoms with Crippen LogP contribution in [0.15, 0.2) is 66.9 Å². The third-order valence-electron chi connectivity index (χ3n) is 4.26. The van der Waals surface area contributed by atoms with Crippen molar-refractivity contribution in [2.45, 2.75) is 25.8 Å². The lowest BCUT2D eigenvalue weighted by Crippen LogP contribution is -2.44. The van der Waals surface area contributed by atoms with Crippen LogP contribution in [-0.4, -0.2) is 29.5 Å². The molecule has 0 aliphatic rings. The van der Waals surface area contributed by atoms with Crippen molar-refractivity contribution in [3.8, 4) is 0 Å². The van der Waals surface area contributed by atoms with Gasteiger partial charge in [0, 0.05) is 18.0 Å². The highest BCUT2D eigenvalue weighted by Gasteiger charge is 2.23. The van der Waals surface area contributed by atoms with Crippen molar-refractivity contribution >= 4 is 22.8 Å². The molecule has 1 amide bonds. The number of pyridine rings is 1. The van der Waals surface area contributed by atoms with Gasteiger partial charge >= 0.3 is 5.97 Å². The highest BCUT2D eigenvalue weighted by Crippen LogP contribution is 2.16. The van der Waals surface area contributed by atoms with E-state index >= 15 is 0 Å². The summed E-state index contributed by atoms with van der Waals surface area (Å²) in [4.78, 5) is 29.3. The number of nitrogens with zero attached hydrogens (tertiary/aromatic N) is 1. The molecule has 0 saturated carbocycles. The number of hydrogen-bond donors (Lipinski definition) is 1. The maximum atomic E-state index is 12.6. The van der Waals surface area contributed by atoms with E-state index in [-0.39, 0.29) is 18.9 Å². The molecule has 0 spiro atoms. The minimum absolute atomic E-state index is 0.152. The zero-order chi connectivity index (χ0) is 19.1. The Labute approximate surface area is 158 Å². The van der Waals surface area contributed by atoms with Gasteiger partial charge in [-0.3, -0.25) is 9.78 Å². The van der Waals surface area contributed by atoms with E-state index in [1.165, 1.54) is 0 Å². The average Bonchev–Trinajstić information content (AvgIpc) is 2.69. The van der Waals surface area contributed by atoms with Crippen LogP contribution in [-0.2, 0) is 27.2 Å². The molecule has 0 saturated heterocycles. The molecule has 1 heterocycles. The van der Waals surface area contributed by atoms with Crippen molar-refractivity contribution in [3.63, 3.8) is 0 Å². The van der Waals surface area contributed by atoms with Crippen LogP contribution in [0.1, 0.15) is 18.1 Å². The van der Waals surface area contributed by atoms with E-state index in [0.717, 1.165) is 22.0 Å². The van der Waals surface area contributed by atoms with E-state index in [2.05, 4.69) is 10.3 Å². The van der Waals surface area contributed by atoms with Gasteiger partial charge in [0.05, 0.1) is 18.5 Å².